The van der Waals surface area contributed by atoms with Crippen molar-refractivity contribution in [3.8, 4) is 22.3 Å². The number of hydrogen-bond acceptors (Lipinski definition) is 6. The standard InChI is InChI=1S/C27H30N8/c1-17-11-24(33(4)5)28-15-23(17)26-19(3)32-35-25(12-18(2)31-27(26)35)34(6)16-20-7-9-21(10-8-20)22-13-29-30-14-22/h7-15H,16H2,1-6H3,(H,29,30). The van der Waals surface area contributed by atoms with Crippen molar-refractivity contribution in [1.82, 2.24) is 29.8 Å². The highest BCUT2D eigenvalue weighted by Gasteiger charge is 2.20. The molecule has 0 aliphatic heterocycles. The molecule has 8 heteroatoms. The van der Waals surface area contributed by atoms with Gasteiger partial charge < -0.3 is 9.80 Å². The van der Waals surface area contributed by atoms with E-state index in [0.717, 1.165) is 63.0 Å². The number of fused-ring (bicyclic) bond motifs is 1. The maximum Gasteiger partial charge on any atom is 0.165 e. The number of H-pyrrole nitrogens is 1. The minimum Gasteiger partial charge on any atom is -0.363 e. The normalized spacial score (nSPS) is 11.3. The monoisotopic (exact) mass is 466 g/mol. The fourth-order valence-electron chi connectivity index (χ4n) is 4.43. The molecule has 35 heavy (non-hydrogen) atoms. The summed E-state index contributed by atoms with van der Waals surface area (Å²) in [4.78, 5) is 13.8. The van der Waals surface area contributed by atoms with Gasteiger partial charge in [0.25, 0.3) is 0 Å². The number of hydrogen-bond donors (Lipinski definition) is 1. The number of pyridine rings is 1. The first kappa shape index (κ1) is 22.6. The molecule has 0 amide bonds. The minimum absolute atomic E-state index is 0.747. The van der Waals surface area contributed by atoms with Crippen molar-refractivity contribution in [2.75, 3.05) is 30.9 Å². The average Bonchev–Trinajstić information content (AvgIpc) is 3.47. The van der Waals surface area contributed by atoms with Gasteiger partial charge in [0.1, 0.15) is 11.6 Å². The maximum atomic E-state index is 4.90. The molecular formula is C27H30N8. The van der Waals surface area contributed by atoms with Crippen molar-refractivity contribution in [2.24, 2.45) is 0 Å². The first-order valence-electron chi connectivity index (χ1n) is 11.6. The SMILES string of the molecule is Cc1cc(N(C)Cc2ccc(-c3cn[nH]c3)cc2)n2nc(C)c(-c3cnc(N(C)C)cc3C)c2n1. The summed E-state index contributed by atoms with van der Waals surface area (Å²) >= 11 is 0. The van der Waals surface area contributed by atoms with Gasteiger partial charge in [0.2, 0.25) is 0 Å². The van der Waals surface area contributed by atoms with Crippen molar-refractivity contribution in [3.05, 3.63) is 77.5 Å². The molecule has 0 atom stereocenters. The molecule has 0 saturated carbocycles. The number of aromatic nitrogens is 6. The lowest BCUT2D eigenvalue weighted by molar-refractivity contribution is 0.821. The molecule has 0 spiro atoms. The Morgan fingerprint density at radius 3 is 2.37 bits per heavy atom. The van der Waals surface area contributed by atoms with E-state index in [-0.39, 0.29) is 0 Å². The van der Waals surface area contributed by atoms with Crippen molar-refractivity contribution in [2.45, 2.75) is 27.3 Å². The first-order valence-corrected chi connectivity index (χ1v) is 11.6. The topological polar surface area (TPSA) is 78.2 Å². The molecule has 4 heterocycles. The van der Waals surface area contributed by atoms with Crippen LogP contribution < -0.4 is 9.80 Å². The van der Waals surface area contributed by atoms with Gasteiger partial charge in [-0.1, -0.05) is 24.3 Å². The largest absolute Gasteiger partial charge is 0.363 e. The predicted molar refractivity (Wildman–Crippen MR) is 141 cm³/mol. The Balaban J connectivity index is 1.51. The van der Waals surface area contributed by atoms with E-state index in [1.165, 1.54) is 5.56 Å². The smallest absolute Gasteiger partial charge is 0.165 e. The zero-order valence-corrected chi connectivity index (χ0v) is 21.0. The lowest BCUT2D eigenvalue weighted by Gasteiger charge is -2.21. The number of aryl methyl sites for hydroxylation is 3. The molecule has 5 rings (SSSR count). The summed E-state index contributed by atoms with van der Waals surface area (Å²) in [5.41, 5.74) is 9.41. The molecular weight excluding hydrogens is 436 g/mol. The second-order valence-electron chi connectivity index (χ2n) is 9.24. The van der Waals surface area contributed by atoms with Gasteiger partial charge >= 0.3 is 0 Å². The number of benzene rings is 1. The van der Waals surface area contributed by atoms with Crippen molar-refractivity contribution in [1.29, 1.82) is 0 Å². The van der Waals surface area contributed by atoms with Crippen LogP contribution in [0.5, 0.6) is 0 Å². The third-order valence-electron chi connectivity index (χ3n) is 6.29. The van der Waals surface area contributed by atoms with Gasteiger partial charge in [0.05, 0.1) is 17.5 Å². The Morgan fingerprint density at radius 1 is 0.943 bits per heavy atom. The van der Waals surface area contributed by atoms with E-state index in [9.17, 15) is 0 Å². The molecule has 0 aliphatic rings. The van der Waals surface area contributed by atoms with Gasteiger partial charge in [-0.2, -0.15) is 14.7 Å². The zero-order valence-electron chi connectivity index (χ0n) is 21.0. The van der Waals surface area contributed by atoms with Crippen LogP contribution in [0.2, 0.25) is 0 Å². The van der Waals surface area contributed by atoms with E-state index in [1.807, 2.05) is 55.9 Å². The lowest BCUT2D eigenvalue weighted by Crippen LogP contribution is -2.20. The van der Waals surface area contributed by atoms with Gasteiger partial charge in [-0.3, -0.25) is 5.10 Å². The fourth-order valence-corrected chi connectivity index (χ4v) is 4.43. The van der Waals surface area contributed by atoms with Gasteiger partial charge in [0, 0.05) is 63.0 Å². The van der Waals surface area contributed by atoms with E-state index in [0.29, 0.717) is 0 Å². The second kappa shape index (κ2) is 8.87. The quantitative estimate of drug-likeness (QED) is 0.387. The zero-order chi connectivity index (χ0) is 24.7. The molecule has 0 fully saturated rings. The summed E-state index contributed by atoms with van der Waals surface area (Å²) in [5.74, 6) is 1.93. The highest BCUT2D eigenvalue weighted by atomic mass is 15.3. The van der Waals surface area contributed by atoms with E-state index in [4.69, 9.17) is 10.1 Å². The number of anilines is 2. The summed E-state index contributed by atoms with van der Waals surface area (Å²) < 4.78 is 1.96. The Bertz CT molecular complexity index is 1480. The predicted octanol–water partition coefficient (Wildman–Crippen LogP) is 4.81. The van der Waals surface area contributed by atoms with Crippen LogP contribution in [0.1, 0.15) is 22.5 Å². The van der Waals surface area contributed by atoms with E-state index in [1.54, 1.807) is 0 Å². The molecule has 8 nitrogen and oxygen atoms in total. The van der Waals surface area contributed by atoms with E-state index in [2.05, 4.69) is 70.5 Å². The van der Waals surface area contributed by atoms with Gasteiger partial charge in [0.15, 0.2) is 5.65 Å². The molecule has 5 aromatic rings. The summed E-state index contributed by atoms with van der Waals surface area (Å²) in [7, 11) is 6.09. The summed E-state index contributed by atoms with van der Waals surface area (Å²) in [6, 6.07) is 12.8. The van der Waals surface area contributed by atoms with Crippen LogP contribution in [0.3, 0.4) is 0 Å². The molecule has 4 aromatic heterocycles. The Morgan fingerprint density at radius 2 is 1.71 bits per heavy atom. The van der Waals surface area contributed by atoms with Gasteiger partial charge in [-0.25, -0.2) is 9.97 Å². The summed E-state index contributed by atoms with van der Waals surface area (Å²) in [6.45, 7) is 6.93. The van der Waals surface area contributed by atoms with Gasteiger partial charge in [-0.15, -0.1) is 0 Å². The lowest BCUT2D eigenvalue weighted by atomic mass is 10.0. The van der Waals surface area contributed by atoms with Crippen LogP contribution in [-0.2, 0) is 6.54 Å². The highest BCUT2D eigenvalue weighted by molar-refractivity contribution is 5.83. The van der Waals surface area contributed by atoms with Crippen LogP contribution in [0.15, 0.2) is 55.0 Å². The number of nitrogens with one attached hydrogen (secondary N) is 1. The number of nitrogens with zero attached hydrogens (tertiary/aromatic N) is 7. The molecule has 178 valence electrons. The number of aromatic amines is 1. The van der Waals surface area contributed by atoms with Crippen molar-refractivity contribution >= 4 is 17.3 Å². The average molecular weight is 467 g/mol. The molecule has 0 radical (unpaired) electrons. The minimum atomic E-state index is 0.747. The van der Waals surface area contributed by atoms with E-state index >= 15 is 0 Å². The molecule has 0 unspecified atom stereocenters. The van der Waals surface area contributed by atoms with Crippen LogP contribution in [0, 0.1) is 20.8 Å². The number of rotatable bonds is 6. The molecule has 0 aliphatic carbocycles. The molecule has 0 bridgehead atoms. The Kier molecular flexibility index (Phi) is 5.72. The van der Waals surface area contributed by atoms with Crippen LogP contribution in [0.4, 0.5) is 11.6 Å². The molecule has 1 N–H and O–H groups in total. The first-order chi connectivity index (χ1) is 16.8. The van der Waals surface area contributed by atoms with Crippen molar-refractivity contribution in [3.63, 3.8) is 0 Å². The third kappa shape index (κ3) is 4.23. The second-order valence-corrected chi connectivity index (χ2v) is 9.24. The molecule has 0 saturated heterocycles. The van der Waals surface area contributed by atoms with E-state index < -0.39 is 0 Å². The third-order valence-corrected chi connectivity index (χ3v) is 6.29. The highest BCUT2D eigenvalue weighted by Crippen LogP contribution is 2.33. The fraction of sp³-hybridized carbons (Fsp3) is 0.259. The molecule has 1 aromatic carbocycles. The summed E-state index contributed by atoms with van der Waals surface area (Å²) in [6.07, 6.45) is 5.67. The van der Waals surface area contributed by atoms with Crippen LogP contribution in [0.25, 0.3) is 27.9 Å². The maximum absolute atomic E-state index is 4.90. The van der Waals surface area contributed by atoms with Crippen LogP contribution >= 0.6 is 0 Å². The van der Waals surface area contributed by atoms with Gasteiger partial charge in [-0.05, 0) is 43.5 Å². The summed E-state index contributed by atoms with van der Waals surface area (Å²) in [5, 5.41) is 11.8. The Labute approximate surface area is 205 Å². The van der Waals surface area contributed by atoms with Crippen LogP contribution in [-0.4, -0.2) is 50.9 Å². The Hall–Kier alpha value is -4.20. The van der Waals surface area contributed by atoms with Crippen molar-refractivity contribution < 1.29 is 0 Å².